The van der Waals surface area contributed by atoms with E-state index < -0.39 is 5.97 Å². The molecule has 0 aliphatic carbocycles. The molecule has 0 spiro atoms. The van der Waals surface area contributed by atoms with Gasteiger partial charge < -0.3 is 10.1 Å². The highest BCUT2D eigenvalue weighted by atomic mass is 19.1. The molecule has 82 valence electrons. The number of carboxylic acids is 1. The molecule has 0 amide bonds. The van der Waals surface area contributed by atoms with Crippen LogP contribution in [0.4, 0.5) is 4.39 Å². The predicted molar refractivity (Wildman–Crippen MR) is 59.7 cm³/mol. The van der Waals surface area contributed by atoms with Crippen LogP contribution in [0.25, 0.3) is 17.0 Å². The van der Waals surface area contributed by atoms with Gasteiger partial charge in [0, 0.05) is 28.2 Å². The van der Waals surface area contributed by atoms with E-state index in [1.165, 1.54) is 18.2 Å². The SMILES string of the molecule is Cc1[nH]c2cc(F)ccc2c1/C=C/C(=O)O. The molecule has 2 aromatic rings. The molecular formula is C12H10FNO2. The van der Waals surface area contributed by atoms with Crippen LogP contribution >= 0.6 is 0 Å². The van der Waals surface area contributed by atoms with E-state index in [0.717, 1.165) is 22.7 Å². The predicted octanol–water partition coefficient (Wildman–Crippen LogP) is 2.71. The topological polar surface area (TPSA) is 53.1 Å². The summed E-state index contributed by atoms with van der Waals surface area (Å²) < 4.78 is 13.0. The highest BCUT2D eigenvalue weighted by Gasteiger charge is 2.06. The molecule has 1 aromatic carbocycles. The van der Waals surface area contributed by atoms with E-state index in [1.54, 1.807) is 6.07 Å². The van der Waals surface area contributed by atoms with Crippen molar-refractivity contribution in [2.24, 2.45) is 0 Å². The average molecular weight is 219 g/mol. The Hall–Kier alpha value is -2.10. The number of carboxylic acid groups (broad SMARTS) is 1. The molecule has 1 aromatic heterocycles. The molecule has 3 nitrogen and oxygen atoms in total. The summed E-state index contributed by atoms with van der Waals surface area (Å²) in [4.78, 5) is 13.4. The molecule has 0 aliphatic heterocycles. The lowest BCUT2D eigenvalue weighted by Gasteiger charge is -1.92. The third-order valence-electron chi connectivity index (χ3n) is 2.39. The van der Waals surface area contributed by atoms with E-state index in [1.807, 2.05) is 6.92 Å². The van der Waals surface area contributed by atoms with Crippen molar-refractivity contribution < 1.29 is 14.3 Å². The van der Waals surface area contributed by atoms with Crippen LogP contribution in [-0.2, 0) is 4.79 Å². The fourth-order valence-corrected chi connectivity index (χ4v) is 1.70. The minimum atomic E-state index is -1.00. The molecule has 2 N–H and O–H groups in total. The number of aromatic amines is 1. The second-order valence-electron chi connectivity index (χ2n) is 3.53. The molecular weight excluding hydrogens is 209 g/mol. The fraction of sp³-hybridized carbons (Fsp3) is 0.0833. The fourth-order valence-electron chi connectivity index (χ4n) is 1.70. The maximum absolute atomic E-state index is 13.0. The maximum Gasteiger partial charge on any atom is 0.328 e. The van der Waals surface area contributed by atoms with E-state index >= 15 is 0 Å². The van der Waals surface area contributed by atoms with E-state index in [4.69, 9.17) is 5.11 Å². The Kier molecular flexibility index (Phi) is 2.48. The molecule has 16 heavy (non-hydrogen) atoms. The standard InChI is InChI=1S/C12H10FNO2/c1-7-9(4-5-12(15)16)10-3-2-8(13)6-11(10)14-7/h2-6,14H,1H3,(H,15,16)/b5-4+. The highest BCUT2D eigenvalue weighted by Crippen LogP contribution is 2.23. The second kappa shape index (κ2) is 3.81. The highest BCUT2D eigenvalue weighted by molar-refractivity contribution is 5.94. The molecule has 0 bridgehead atoms. The summed E-state index contributed by atoms with van der Waals surface area (Å²) in [5.74, 6) is -1.32. The Morgan fingerprint density at radius 2 is 2.25 bits per heavy atom. The smallest absolute Gasteiger partial charge is 0.328 e. The first-order valence-electron chi connectivity index (χ1n) is 4.77. The van der Waals surface area contributed by atoms with Crippen LogP contribution in [0.5, 0.6) is 0 Å². The summed E-state index contributed by atoms with van der Waals surface area (Å²) in [6.07, 6.45) is 2.58. The number of nitrogens with one attached hydrogen (secondary N) is 1. The van der Waals surface area contributed by atoms with Crippen LogP contribution in [0.1, 0.15) is 11.3 Å². The molecule has 0 atom stereocenters. The molecule has 0 radical (unpaired) electrons. The van der Waals surface area contributed by atoms with Gasteiger partial charge in [0.2, 0.25) is 0 Å². The van der Waals surface area contributed by atoms with Crippen LogP contribution in [0, 0.1) is 12.7 Å². The van der Waals surface area contributed by atoms with Gasteiger partial charge in [0.15, 0.2) is 0 Å². The molecule has 1 heterocycles. The number of hydrogen-bond donors (Lipinski definition) is 2. The minimum absolute atomic E-state index is 0.317. The lowest BCUT2D eigenvalue weighted by molar-refractivity contribution is -0.131. The first kappa shape index (κ1) is 10.4. The quantitative estimate of drug-likeness (QED) is 0.763. The van der Waals surface area contributed by atoms with Crippen molar-refractivity contribution in [2.75, 3.05) is 0 Å². The van der Waals surface area contributed by atoms with Crippen molar-refractivity contribution in [1.29, 1.82) is 0 Å². The normalized spacial score (nSPS) is 11.4. The zero-order valence-corrected chi connectivity index (χ0v) is 8.62. The molecule has 0 saturated carbocycles. The Balaban J connectivity index is 2.60. The molecule has 0 aliphatic rings. The Bertz CT molecular complexity index is 584. The number of rotatable bonds is 2. The van der Waals surface area contributed by atoms with Gasteiger partial charge in [-0.2, -0.15) is 0 Å². The molecule has 0 unspecified atom stereocenters. The van der Waals surface area contributed by atoms with Gasteiger partial charge in [0.25, 0.3) is 0 Å². The third-order valence-corrected chi connectivity index (χ3v) is 2.39. The van der Waals surface area contributed by atoms with Gasteiger partial charge in [0.05, 0.1) is 0 Å². The van der Waals surface area contributed by atoms with Gasteiger partial charge in [-0.05, 0) is 31.2 Å². The number of aryl methyl sites for hydroxylation is 1. The lowest BCUT2D eigenvalue weighted by Crippen LogP contribution is -1.86. The van der Waals surface area contributed by atoms with Crippen molar-refractivity contribution in [3.63, 3.8) is 0 Å². The summed E-state index contributed by atoms with van der Waals surface area (Å²) in [5.41, 5.74) is 2.26. The van der Waals surface area contributed by atoms with Gasteiger partial charge in [-0.25, -0.2) is 9.18 Å². The number of aromatic nitrogens is 1. The van der Waals surface area contributed by atoms with Crippen LogP contribution in [0.3, 0.4) is 0 Å². The number of fused-ring (bicyclic) bond motifs is 1. The molecule has 4 heteroatoms. The lowest BCUT2D eigenvalue weighted by atomic mass is 10.1. The molecule has 0 saturated heterocycles. The summed E-state index contributed by atoms with van der Waals surface area (Å²) >= 11 is 0. The van der Waals surface area contributed by atoms with E-state index in [2.05, 4.69) is 4.98 Å². The minimum Gasteiger partial charge on any atom is -0.478 e. The summed E-state index contributed by atoms with van der Waals surface area (Å²) in [6.45, 7) is 1.82. The van der Waals surface area contributed by atoms with E-state index in [0.29, 0.717) is 5.52 Å². The van der Waals surface area contributed by atoms with Crippen molar-refractivity contribution >= 4 is 22.9 Å². The Labute approximate surface area is 91.2 Å². The monoisotopic (exact) mass is 219 g/mol. The summed E-state index contributed by atoms with van der Waals surface area (Å²) in [7, 11) is 0. The Morgan fingerprint density at radius 3 is 2.94 bits per heavy atom. The van der Waals surface area contributed by atoms with Crippen molar-refractivity contribution in [1.82, 2.24) is 4.98 Å². The summed E-state index contributed by atoms with van der Waals surface area (Å²) in [5, 5.41) is 9.38. The largest absolute Gasteiger partial charge is 0.478 e. The van der Waals surface area contributed by atoms with E-state index in [-0.39, 0.29) is 5.82 Å². The maximum atomic E-state index is 13.0. The van der Waals surface area contributed by atoms with Crippen LogP contribution in [0.15, 0.2) is 24.3 Å². The van der Waals surface area contributed by atoms with Crippen molar-refractivity contribution in [3.05, 3.63) is 41.3 Å². The van der Waals surface area contributed by atoms with Crippen molar-refractivity contribution in [2.45, 2.75) is 6.92 Å². The number of halogens is 1. The van der Waals surface area contributed by atoms with E-state index in [9.17, 15) is 9.18 Å². The van der Waals surface area contributed by atoms with Gasteiger partial charge in [0.1, 0.15) is 5.82 Å². The van der Waals surface area contributed by atoms with Gasteiger partial charge in [-0.15, -0.1) is 0 Å². The zero-order valence-electron chi connectivity index (χ0n) is 8.62. The summed E-state index contributed by atoms with van der Waals surface area (Å²) in [6, 6.07) is 4.38. The average Bonchev–Trinajstić information content (AvgIpc) is 2.50. The number of H-pyrrole nitrogens is 1. The van der Waals surface area contributed by atoms with Crippen LogP contribution in [-0.4, -0.2) is 16.1 Å². The van der Waals surface area contributed by atoms with Crippen LogP contribution < -0.4 is 0 Å². The first-order chi connectivity index (χ1) is 7.58. The number of carbonyl (C=O) groups is 1. The number of hydrogen-bond acceptors (Lipinski definition) is 1. The van der Waals surface area contributed by atoms with Gasteiger partial charge in [-0.3, -0.25) is 0 Å². The van der Waals surface area contributed by atoms with Gasteiger partial charge in [-0.1, -0.05) is 0 Å². The van der Waals surface area contributed by atoms with Crippen LogP contribution in [0.2, 0.25) is 0 Å². The number of benzene rings is 1. The molecule has 2 rings (SSSR count). The zero-order chi connectivity index (χ0) is 11.7. The van der Waals surface area contributed by atoms with Crippen molar-refractivity contribution in [3.8, 4) is 0 Å². The third kappa shape index (κ3) is 1.82. The molecule has 0 fully saturated rings. The second-order valence-corrected chi connectivity index (χ2v) is 3.53. The first-order valence-corrected chi connectivity index (χ1v) is 4.77. The number of aliphatic carboxylic acids is 1. The van der Waals surface area contributed by atoms with Gasteiger partial charge >= 0.3 is 5.97 Å². The Morgan fingerprint density at radius 1 is 1.50 bits per heavy atom.